The van der Waals surface area contributed by atoms with E-state index in [2.05, 4.69) is 15.6 Å². The molecule has 124 valence electrons. The predicted molar refractivity (Wildman–Crippen MR) is 90.1 cm³/mol. The lowest BCUT2D eigenvalue weighted by Gasteiger charge is -2.26. The van der Waals surface area contributed by atoms with E-state index in [1.54, 1.807) is 6.07 Å². The van der Waals surface area contributed by atoms with Gasteiger partial charge in [0.1, 0.15) is 0 Å². The van der Waals surface area contributed by atoms with Gasteiger partial charge in [0, 0.05) is 19.0 Å². The summed E-state index contributed by atoms with van der Waals surface area (Å²) < 4.78 is 0. The number of nitrogens with one attached hydrogen (secondary N) is 2. The zero-order chi connectivity index (χ0) is 16.2. The summed E-state index contributed by atoms with van der Waals surface area (Å²) >= 11 is 0. The average Bonchev–Trinajstić information content (AvgIpc) is 3.40. The Morgan fingerprint density at radius 1 is 1.09 bits per heavy atom. The average molecular weight is 316 g/mol. The van der Waals surface area contributed by atoms with Crippen molar-refractivity contribution in [2.75, 3.05) is 23.3 Å². The zero-order valence-corrected chi connectivity index (χ0v) is 13.3. The minimum absolute atomic E-state index is 0.0101. The van der Waals surface area contributed by atoms with E-state index in [4.69, 9.17) is 5.84 Å². The number of nitrogens with two attached hydrogens (primary N) is 1. The summed E-state index contributed by atoms with van der Waals surface area (Å²) in [7, 11) is 0. The zero-order valence-electron chi connectivity index (χ0n) is 13.3. The molecule has 1 aromatic rings. The normalized spacial score (nSPS) is 18.2. The molecule has 1 saturated carbocycles. The van der Waals surface area contributed by atoms with Crippen LogP contribution in [0.25, 0.3) is 0 Å². The first-order valence-electron chi connectivity index (χ1n) is 8.40. The van der Waals surface area contributed by atoms with Crippen LogP contribution < -0.4 is 21.5 Å². The highest BCUT2D eigenvalue weighted by Gasteiger charge is 2.31. The lowest BCUT2D eigenvalue weighted by atomic mass is 10.1. The number of hydrogen-bond acceptors (Lipinski definition) is 4. The Morgan fingerprint density at radius 2 is 1.78 bits per heavy atom. The van der Waals surface area contributed by atoms with Crippen LogP contribution in [-0.4, -0.2) is 24.9 Å². The van der Waals surface area contributed by atoms with Gasteiger partial charge < -0.3 is 10.2 Å². The summed E-state index contributed by atoms with van der Waals surface area (Å²) in [6.07, 6.45) is 6.51. The number of carbonyl (C=O) groups is 2. The van der Waals surface area contributed by atoms with Gasteiger partial charge in [0.2, 0.25) is 5.91 Å². The number of hydrogen-bond donors (Lipinski definition) is 3. The minimum atomic E-state index is -0.365. The number of nitrogens with zero attached hydrogens (tertiary/aromatic N) is 1. The minimum Gasteiger partial charge on any atom is -0.371 e. The number of amides is 2. The van der Waals surface area contributed by atoms with E-state index >= 15 is 0 Å². The summed E-state index contributed by atoms with van der Waals surface area (Å²) in [5, 5.41) is 2.90. The monoisotopic (exact) mass is 316 g/mol. The highest BCUT2D eigenvalue weighted by molar-refractivity contribution is 6.08. The van der Waals surface area contributed by atoms with Gasteiger partial charge in [0.05, 0.1) is 16.9 Å². The molecule has 23 heavy (non-hydrogen) atoms. The van der Waals surface area contributed by atoms with Gasteiger partial charge in [-0.05, 0) is 37.8 Å². The SMILES string of the molecule is NNC(=O)c1c(NC(=O)C2CC2)cccc1N1CCCCCC1. The fourth-order valence-electron chi connectivity index (χ4n) is 3.11. The van der Waals surface area contributed by atoms with Gasteiger partial charge in [-0.3, -0.25) is 15.0 Å². The van der Waals surface area contributed by atoms with Crippen LogP contribution in [0.1, 0.15) is 48.9 Å². The molecule has 0 bridgehead atoms. The lowest BCUT2D eigenvalue weighted by Crippen LogP contribution is -2.34. The van der Waals surface area contributed by atoms with E-state index in [1.165, 1.54) is 12.8 Å². The Hall–Kier alpha value is -2.08. The number of benzene rings is 1. The molecule has 0 unspecified atom stereocenters. The molecule has 0 aromatic heterocycles. The summed E-state index contributed by atoms with van der Waals surface area (Å²) in [5.41, 5.74) is 4.08. The van der Waals surface area contributed by atoms with Gasteiger partial charge in [-0.1, -0.05) is 18.9 Å². The third-order valence-corrected chi connectivity index (χ3v) is 4.55. The third kappa shape index (κ3) is 3.64. The van der Waals surface area contributed by atoms with Gasteiger partial charge >= 0.3 is 0 Å². The van der Waals surface area contributed by atoms with Crippen LogP contribution in [0.2, 0.25) is 0 Å². The van der Waals surface area contributed by atoms with Crippen molar-refractivity contribution in [1.29, 1.82) is 0 Å². The molecule has 1 aromatic carbocycles. The van der Waals surface area contributed by atoms with Crippen molar-refractivity contribution in [3.8, 4) is 0 Å². The van der Waals surface area contributed by atoms with Gasteiger partial charge in [0.15, 0.2) is 0 Å². The largest absolute Gasteiger partial charge is 0.371 e. The van der Waals surface area contributed by atoms with Crippen LogP contribution >= 0.6 is 0 Å². The Bertz CT molecular complexity index is 590. The molecule has 1 aliphatic heterocycles. The van der Waals surface area contributed by atoms with Crippen molar-refractivity contribution in [2.45, 2.75) is 38.5 Å². The number of anilines is 2. The topological polar surface area (TPSA) is 87.5 Å². The van der Waals surface area contributed by atoms with Crippen molar-refractivity contribution in [3.05, 3.63) is 23.8 Å². The van der Waals surface area contributed by atoms with Crippen LogP contribution in [-0.2, 0) is 4.79 Å². The molecule has 6 nitrogen and oxygen atoms in total. The first-order valence-corrected chi connectivity index (χ1v) is 8.40. The van der Waals surface area contributed by atoms with Gasteiger partial charge in [0.25, 0.3) is 5.91 Å². The van der Waals surface area contributed by atoms with Crippen molar-refractivity contribution in [1.82, 2.24) is 5.43 Å². The fraction of sp³-hybridized carbons (Fsp3) is 0.529. The van der Waals surface area contributed by atoms with Crippen LogP contribution in [0.4, 0.5) is 11.4 Å². The smallest absolute Gasteiger partial charge is 0.269 e. The van der Waals surface area contributed by atoms with Crippen molar-refractivity contribution < 1.29 is 9.59 Å². The molecule has 6 heteroatoms. The number of carbonyl (C=O) groups excluding carboxylic acids is 2. The van der Waals surface area contributed by atoms with Crippen molar-refractivity contribution in [3.63, 3.8) is 0 Å². The van der Waals surface area contributed by atoms with Gasteiger partial charge in [-0.15, -0.1) is 0 Å². The summed E-state index contributed by atoms with van der Waals surface area (Å²) in [6.45, 7) is 1.84. The molecule has 0 atom stereocenters. The van der Waals surface area contributed by atoms with E-state index in [0.29, 0.717) is 11.3 Å². The van der Waals surface area contributed by atoms with Crippen LogP contribution in [0, 0.1) is 5.92 Å². The molecule has 2 aliphatic rings. The van der Waals surface area contributed by atoms with E-state index < -0.39 is 0 Å². The summed E-state index contributed by atoms with van der Waals surface area (Å²) in [5.74, 6) is 5.09. The highest BCUT2D eigenvalue weighted by Crippen LogP contribution is 2.33. The second-order valence-corrected chi connectivity index (χ2v) is 6.34. The first kappa shape index (κ1) is 15.8. The Morgan fingerprint density at radius 3 is 2.39 bits per heavy atom. The van der Waals surface area contributed by atoms with E-state index in [0.717, 1.165) is 44.5 Å². The number of nitrogen functional groups attached to an aromatic ring is 1. The Labute approximate surface area is 136 Å². The van der Waals surface area contributed by atoms with Crippen LogP contribution in [0.5, 0.6) is 0 Å². The quantitative estimate of drug-likeness (QED) is 0.450. The van der Waals surface area contributed by atoms with Crippen molar-refractivity contribution in [2.24, 2.45) is 11.8 Å². The van der Waals surface area contributed by atoms with Crippen LogP contribution in [0.15, 0.2) is 18.2 Å². The Balaban J connectivity index is 1.93. The molecule has 1 saturated heterocycles. The molecule has 1 heterocycles. The lowest BCUT2D eigenvalue weighted by molar-refractivity contribution is -0.117. The molecule has 0 radical (unpaired) electrons. The summed E-state index contributed by atoms with van der Waals surface area (Å²) in [4.78, 5) is 26.7. The number of rotatable bonds is 4. The molecular weight excluding hydrogens is 292 g/mol. The van der Waals surface area contributed by atoms with Gasteiger partial charge in [-0.2, -0.15) is 0 Å². The third-order valence-electron chi connectivity index (χ3n) is 4.55. The van der Waals surface area contributed by atoms with Crippen molar-refractivity contribution >= 4 is 23.2 Å². The highest BCUT2D eigenvalue weighted by atomic mass is 16.2. The molecule has 2 fully saturated rings. The maximum Gasteiger partial charge on any atom is 0.269 e. The Kier molecular flexibility index (Phi) is 4.81. The molecular formula is C17H24N4O2. The van der Waals surface area contributed by atoms with Crippen LogP contribution in [0.3, 0.4) is 0 Å². The van der Waals surface area contributed by atoms with Gasteiger partial charge in [-0.25, -0.2) is 5.84 Å². The molecule has 2 amide bonds. The second kappa shape index (κ2) is 7.00. The second-order valence-electron chi connectivity index (χ2n) is 6.34. The van der Waals surface area contributed by atoms with E-state index in [-0.39, 0.29) is 17.7 Å². The maximum atomic E-state index is 12.3. The standard InChI is InChI=1S/C17H24N4O2/c18-20-17(23)15-13(19-16(22)12-8-9-12)6-5-7-14(15)21-10-3-1-2-4-11-21/h5-7,12H,1-4,8-11,18H2,(H,19,22)(H,20,23). The first-order chi connectivity index (χ1) is 11.2. The predicted octanol–water partition coefficient (Wildman–Crippen LogP) is 2.02. The van der Waals surface area contributed by atoms with E-state index in [9.17, 15) is 9.59 Å². The molecule has 1 aliphatic carbocycles. The number of hydrazine groups is 1. The molecule has 3 rings (SSSR count). The van der Waals surface area contributed by atoms with E-state index in [1.807, 2.05) is 12.1 Å². The summed E-state index contributed by atoms with van der Waals surface area (Å²) in [6, 6.07) is 5.59. The maximum absolute atomic E-state index is 12.3. The fourth-order valence-corrected chi connectivity index (χ4v) is 3.11. The molecule has 4 N–H and O–H groups in total. The molecule has 0 spiro atoms.